The molecule has 2 fully saturated rings. The van der Waals surface area contributed by atoms with Crippen molar-refractivity contribution < 1.29 is 9.90 Å². The van der Waals surface area contributed by atoms with Gasteiger partial charge in [-0.3, -0.25) is 4.79 Å². The predicted molar refractivity (Wildman–Crippen MR) is 127 cm³/mol. The second kappa shape index (κ2) is 8.21. The third-order valence-electron chi connectivity index (χ3n) is 7.16. The lowest BCUT2D eigenvalue weighted by atomic mass is 9.97. The van der Waals surface area contributed by atoms with E-state index in [-0.39, 0.29) is 30.1 Å². The van der Waals surface area contributed by atoms with Gasteiger partial charge in [0, 0.05) is 36.1 Å². The number of carbonyl (C=O) groups excluding carboxylic acids is 1. The summed E-state index contributed by atoms with van der Waals surface area (Å²) in [6.07, 6.45) is 4.52. The van der Waals surface area contributed by atoms with Crippen LogP contribution in [0.5, 0.6) is 5.75 Å². The van der Waals surface area contributed by atoms with Crippen molar-refractivity contribution in [1.29, 1.82) is 0 Å². The highest BCUT2D eigenvalue weighted by atomic mass is 35.5. The molecule has 31 heavy (non-hydrogen) atoms. The number of nitrogens with zero attached hydrogens (tertiary/aromatic N) is 2. The smallest absolute Gasteiger partial charge is 0.254 e. The number of phenols is 1. The first-order valence-electron chi connectivity index (χ1n) is 10.8. The number of carbonyl (C=O) groups is 1. The largest absolute Gasteiger partial charge is 0.508 e. The third-order valence-corrected chi connectivity index (χ3v) is 7.16. The number of nitrogens with one attached hydrogen (secondary N) is 1. The number of piperidine rings is 1. The van der Waals surface area contributed by atoms with E-state index < -0.39 is 0 Å². The summed E-state index contributed by atoms with van der Waals surface area (Å²) in [5.41, 5.74) is 4.73. The Labute approximate surface area is 189 Å². The summed E-state index contributed by atoms with van der Waals surface area (Å²) in [6, 6.07) is 14.8. The molecule has 3 aromatic rings. The van der Waals surface area contributed by atoms with Crippen LogP contribution < -0.4 is 5.32 Å². The molecule has 2 bridgehead atoms. The number of aryl methyl sites for hydroxylation is 2. The molecule has 2 aromatic carbocycles. The second-order valence-corrected chi connectivity index (χ2v) is 9.04. The molecule has 164 valence electrons. The molecule has 5 nitrogen and oxygen atoms in total. The van der Waals surface area contributed by atoms with Gasteiger partial charge in [-0.25, -0.2) is 0 Å². The zero-order valence-electron chi connectivity index (χ0n) is 18.3. The van der Waals surface area contributed by atoms with Crippen molar-refractivity contribution >= 4 is 29.2 Å². The number of phenolic OH excluding ortho intramolecular Hbond substituents is 1. The van der Waals surface area contributed by atoms with E-state index in [1.165, 1.54) is 12.8 Å². The summed E-state index contributed by atoms with van der Waals surface area (Å²) in [5.74, 6) is 0.226. The normalized spacial score (nSPS) is 23.0. The van der Waals surface area contributed by atoms with E-state index in [1.54, 1.807) is 12.1 Å². The molecule has 3 atom stereocenters. The Morgan fingerprint density at radius 2 is 1.68 bits per heavy atom. The third kappa shape index (κ3) is 3.70. The summed E-state index contributed by atoms with van der Waals surface area (Å²) in [5, 5.41) is 14.1. The minimum atomic E-state index is 0. The van der Waals surface area contributed by atoms with Gasteiger partial charge in [0.15, 0.2) is 0 Å². The summed E-state index contributed by atoms with van der Waals surface area (Å²) in [7, 11) is 4.23. The fourth-order valence-electron chi connectivity index (χ4n) is 5.53. The highest BCUT2D eigenvalue weighted by molar-refractivity contribution is 6.13. The van der Waals surface area contributed by atoms with Crippen molar-refractivity contribution in [3.63, 3.8) is 0 Å². The molecule has 2 aliphatic rings. The number of hydrogen-bond donors (Lipinski definition) is 2. The van der Waals surface area contributed by atoms with Crippen molar-refractivity contribution in [2.75, 3.05) is 7.05 Å². The number of rotatable bonds is 3. The zero-order chi connectivity index (χ0) is 21.0. The van der Waals surface area contributed by atoms with Crippen LogP contribution in [0.4, 0.5) is 0 Å². The average molecular weight is 440 g/mol. The van der Waals surface area contributed by atoms with E-state index in [4.69, 9.17) is 0 Å². The lowest BCUT2D eigenvalue weighted by molar-refractivity contribution is 0.0884. The van der Waals surface area contributed by atoms with E-state index in [9.17, 15) is 9.90 Å². The summed E-state index contributed by atoms with van der Waals surface area (Å²) in [4.78, 5) is 16.1. The van der Waals surface area contributed by atoms with Gasteiger partial charge in [-0.2, -0.15) is 0 Å². The van der Waals surface area contributed by atoms with Crippen LogP contribution in [-0.2, 0) is 7.05 Å². The van der Waals surface area contributed by atoms with Crippen LogP contribution in [0.1, 0.15) is 41.6 Å². The van der Waals surface area contributed by atoms with Gasteiger partial charge >= 0.3 is 0 Å². The van der Waals surface area contributed by atoms with Gasteiger partial charge < -0.3 is 19.9 Å². The molecule has 1 aromatic heterocycles. The number of amides is 1. The fraction of sp³-hybridized carbons (Fsp3) is 0.400. The number of benzene rings is 2. The number of halogens is 1. The molecule has 6 heteroatoms. The van der Waals surface area contributed by atoms with Crippen LogP contribution in [0.25, 0.3) is 22.2 Å². The molecule has 2 aliphatic heterocycles. The van der Waals surface area contributed by atoms with Crippen molar-refractivity contribution in [2.45, 2.75) is 50.7 Å². The van der Waals surface area contributed by atoms with Crippen LogP contribution >= 0.6 is 12.4 Å². The summed E-state index contributed by atoms with van der Waals surface area (Å²) < 4.78 is 2.09. The maximum atomic E-state index is 13.6. The quantitative estimate of drug-likeness (QED) is 0.625. The zero-order valence-corrected chi connectivity index (χ0v) is 19.1. The molecule has 1 unspecified atom stereocenters. The van der Waals surface area contributed by atoms with Crippen molar-refractivity contribution in [2.24, 2.45) is 7.05 Å². The van der Waals surface area contributed by atoms with Crippen LogP contribution in [0.3, 0.4) is 0 Å². The van der Waals surface area contributed by atoms with Crippen LogP contribution in [0.15, 0.2) is 42.5 Å². The van der Waals surface area contributed by atoms with Gasteiger partial charge in [-0.15, -0.1) is 12.4 Å². The van der Waals surface area contributed by atoms with E-state index in [2.05, 4.69) is 47.0 Å². The second-order valence-electron chi connectivity index (χ2n) is 9.04. The lowest BCUT2D eigenvalue weighted by Crippen LogP contribution is -2.48. The Hall–Kier alpha value is -2.50. The molecule has 0 saturated carbocycles. The highest BCUT2D eigenvalue weighted by Gasteiger charge is 2.39. The van der Waals surface area contributed by atoms with Gasteiger partial charge in [-0.05, 0) is 81.6 Å². The van der Waals surface area contributed by atoms with Crippen molar-refractivity contribution in [3.05, 3.63) is 53.6 Å². The standard InChI is InChI=1S/C25H29N3O2.ClH/c1-15-4-11-22-21(12-15)23(24(28(22)3)16-5-9-20(29)10-6-16)25(30)26-17-13-18-7-8-19(14-17)27(18)2;/h4-6,9-12,17-19,29H,7-8,13-14H2,1-3H3,(H,26,30);1H/t17?,18-,19+;. The average Bonchev–Trinajstić information content (AvgIpc) is 3.10. The summed E-state index contributed by atoms with van der Waals surface area (Å²) in [6.45, 7) is 2.06. The Bertz CT molecular complexity index is 1110. The van der Waals surface area contributed by atoms with Crippen molar-refractivity contribution in [1.82, 2.24) is 14.8 Å². The minimum absolute atomic E-state index is 0. The SMILES string of the molecule is Cc1ccc2c(c1)c(C(=O)NC1C[C@H]3CC[C@@H](C1)N3C)c(-c1ccc(O)cc1)n2C.Cl. The van der Waals surface area contributed by atoms with Crippen LogP contribution in [0.2, 0.25) is 0 Å². The molecular weight excluding hydrogens is 410 g/mol. The van der Waals surface area contributed by atoms with Gasteiger partial charge in [0.1, 0.15) is 5.75 Å². The van der Waals surface area contributed by atoms with Gasteiger partial charge in [0.05, 0.1) is 11.3 Å². The number of aromatic hydroxyl groups is 1. The molecule has 3 heterocycles. The van der Waals surface area contributed by atoms with E-state index in [0.29, 0.717) is 12.1 Å². The first-order valence-corrected chi connectivity index (χ1v) is 10.8. The predicted octanol–water partition coefficient (Wildman–Crippen LogP) is 4.64. The number of aromatic nitrogens is 1. The first-order chi connectivity index (χ1) is 14.4. The Morgan fingerprint density at radius 1 is 1.03 bits per heavy atom. The van der Waals surface area contributed by atoms with Gasteiger partial charge in [-0.1, -0.05) is 11.6 Å². The molecular formula is C25H30ClN3O2. The number of fused-ring (bicyclic) bond motifs is 3. The molecule has 5 rings (SSSR count). The van der Waals surface area contributed by atoms with E-state index in [0.717, 1.165) is 46.1 Å². The van der Waals surface area contributed by atoms with Gasteiger partial charge in [0.2, 0.25) is 0 Å². The lowest BCUT2D eigenvalue weighted by Gasteiger charge is -2.36. The molecule has 0 aliphatic carbocycles. The topological polar surface area (TPSA) is 57.5 Å². The van der Waals surface area contributed by atoms with Crippen molar-refractivity contribution in [3.8, 4) is 17.0 Å². The molecule has 0 radical (unpaired) electrons. The minimum Gasteiger partial charge on any atom is -0.508 e. The van der Waals surface area contributed by atoms with Crippen LogP contribution in [0, 0.1) is 6.92 Å². The van der Waals surface area contributed by atoms with Crippen LogP contribution in [-0.4, -0.2) is 45.7 Å². The fourth-order valence-corrected chi connectivity index (χ4v) is 5.53. The van der Waals surface area contributed by atoms with E-state index >= 15 is 0 Å². The number of hydrogen-bond acceptors (Lipinski definition) is 3. The Balaban J connectivity index is 0.00000231. The summed E-state index contributed by atoms with van der Waals surface area (Å²) >= 11 is 0. The maximum absolute atomic E-state index is 13.6. The Kier molecular flexibility index (Phi) is 5.75. The first kappa shape index (κ1) is 21.7. The molecule has 1 amide bonds. The molecule has 0 spiro atoms. The Morgan fingerprint density at radius 3 is 2.32 bits per heavy atom. The monoisotopic (exact) mass is 439 g/mol. The highest BCUT2D eigenvalue weighted by Crippen LogP contribution is 2.37. The van der Waals surface area contributed by atoms with Gasteiger partial charge in [0.25, 0.3) is 5.91 Å². The van der Waals surface area contributed by atoms with E-state index in [1.807, 2.05) is 19.2 Å². The maximum Gasteiger partial charge on any atom is 0.254 e. The molecule has 2 N–H and O–H groups in total. The molecule has 2 saturated heterocycles.